The Labute approximate surface area is 80.4 Å². The van der Waals surface area contributed by atoms with Crippen LogP contribution in [0.25, 0.3) is 11.0 Å². The maximum atomic E-state index is 11.4. The average molecular weight is 190 g/mol. The van der Waals surface area contributed by atoms with Gasteiger partial charge in [-0.05, 0) is 19.1 Å². The van der Waals surface area contributed by atoms with Crippen LogP contribution in [-0.2, 0) is 0 Å². The lowest BCUT2D eigenvalue weighted by Gasteiger charge is -2.11. The first-order valence-corrected chi connectivity index (χ1v) is 4.34. The van der Waals surface area contributed by atoms with Crippen molar-refractivity contribution in [1.82, 2.24) is 9.55 Å². The second kappa shape index (κ2) is 3.23. The van der Waals surface area contributed by atoms with E-state index in [-0.39, 0.29) is 5.56 Å². The van der Waals surface area contributed by atoms with Gasteiger partial charge in [-0.2, -0.15) is 0 Å². The van der Waals surface area contributed by atoms with Gasteiger partial charge < -0.3 is 5.11 Å². The van der Waals surface area contributed by atoms with E-state index in [1.54, 1.807) is 19.1 Å². The molecule has 0 aliphatic rings. The largest absolute Gasteiger partial charge is 0.373 e. The number of hydrogen-bond acceptors (Lipinski definition) is 3. The van der Waals surface area contributed by atoms with Gasteiger partial charge >= 0.3 is 0 Å². The number of nitrogens with zero attached hydrogens (tertiary/aromatic N) is 2. The van der Waals surface area contributed by atoms with E-state index < -0.39 is 6.23 Å². The molecule has 0 saturated carbocycles. The van der Waals surface area contributed by atoms with E-state index in [0.717, 1.165) is 0 Å². The molecule has 14 heavy (non-hydrogen) atoms. The summed E-state index contributed by atoms with van der Waals surface area (Å²) in [5, 5.41) is 9.44. The minimum atomic E-state index is -0.838. The van der Waals surface area contributed by atoms with Crippen LogP contribution in [0.5, 0.6) is 0 Å². The van der Waals surface area contributed by atoms with Gasteiger partial charge in [0.05, 0.1) is 17.2 Å². The Kier molecular flexibility index (Phi) is 2.05. The minimum Gasteiger partial charge on any atom is -0.373 e. The van der Waals surface area contributed by atoms with E-state index in [2.05, 4.69) is 4.98 Å². The van der Waals surface area contributed by atoms with Gasteiger partial charge in [0.1, 0.15) is 6.23 Å². The first-order chi connectivity index (χ1) is 6.70. The topological polar surface area (TPSA) is 55.1 Å². The van der Waals surface area contributed by atoms with Crippen LogP contribution < -0.4 is 5.56 Å². The molecule has 2 aromatic rings. The smallest absolute Gasteiger partial charge is 0.271 e. The molecule has 0 radical (unpaired) electrons. The number of benzene rings is 1. The highest BCUT2D eigenvalue weighted by atomic mass is 16.3. The summed E-state index contributed by atoms with van der Waals surface area (Å²) in [6.07, 6.45) is 0.380. The molecule has 1 unspecified atom stereocenters. The molecule has 0 aliphatic carbocycles. The van der Waals surface area contributed by atoms with Crippen molar-refractivity contribution in [3.05, 3.63) is 40.8 Å². The highest BCUT2D eigenvalue weighted by molar-refractivity contribution is 5.74. The fourth-order valence-corrected chi connectivity index (χ4v) is 1.47. The number of hydrogen-bond donors (Lipinski definition) is 1. The van der Waals surface area contributed by atoms with E-state index in [1.807, 2.05) is 12.1 Å². The van der Waals surface area contributed by atoms with Crippen molar-refractivity contribution in [2.75, 3.05) is 0 Å². The van der Waals surface area contributed by atoms with Crippen LogP contribution >= 0.6 is 0 Å². The molecule has 0 aliphatic heterocycles. The molecule has 0 spiro atoms. The van der Waals surface area contributed by atoms with E-state index in [0.29, 0.717) is 11.0 Å². The number of para-hydroxylation sites is 2. The molecule has 72 valence electrons. The first kappa shape index (κ1) is 8.90. The van der Waals surface area contributed by atoms with Crippen molar-refractivity contribution in [2.45, 2.75) is 13.2 Å². The first-order valence-electron chi connectivity index (χ1n) is 4.34. The van der Waals surface area contributed by atoms with Crippen molar-refractivity contribution in [1.29, 1.82) is 0 Å². The molecule has 0 bridgehead atoms. The lowest BCUT2D eigenvalue weighted by molar-refractivity contribution is 0.125. The van der Waals surface area contributed by atoms with Gasteiger partial charge in [0.25, 0.3) is 5.56 Å². The number of aliphatic hydroxyl groups is 1. The second-order valence-electron chi connectivity index (χ2n) is 3.09. The highest BCUT2D eigenvalue weighted by Crippen LogP contribution is 2.11. The van der Waals surface area contributed by atoms with Gasteiger partial charge in [-0.15, -0.1) is 0 Å². The Morgan fingerprint density at radius 1 is 1.43 bits per heavy atom. The van der Waals surface area contributed by atoms with Crippen molar-refractivity contribution < 1.29 is 5.11 Å². The fraction of sp³-hybridized carbons (Fsp3) is 0.200. The third kappa shape index (κ3) is 1.29. The highest BCUT2D eigenvalue weighted by Gasteiger charge is 2.06. The zero-order chi connectivity index (χ0) is 10.1. The van der Waals surface area contributed by atoms with E-state index in [1.165, 1.54) is 10.8 Å². The molecule has 4 nitrogen and oxygen atoms in total. The second-order valence-corrected chi connectivity index (χ2v) is 3.09. The Morgan fingerprint density at radius 2 is 2.14 bits per heavy atom. The van der Waals surface area contributed by atoms with Crippen LogP contribution in [0.4, 0.5) is 0 Å². The predicted molar refractivity (Wildman–Crippen MR) is 52.9 cm³/mol. The van der Waals surface area contributed by atoms with Crippen molar-refractivity contribution in [3.8, 4) is 0 Å². The third-order valence-corrected chi connectivity index (χ3v) is 2.07. The minimum absolute atomic E-state index is 0.293. The van der Waals surface area contributed by atoms with E-state index >= 15 is 0 Å². The van der Waals surface area contributed by atoms with Gasteiger partial charge in [-0.25, -0.2) is 4.98 Å². The number of aromatic nitrogens is 2. The summed E-state index contributed by atoms with van der Waals surface area (Å²) in [7, 11) is 0. The average Bonchev–Trinajstić information content (AvgIpc) is 2.17. The Bertz CT molecular complexity index is 517. The van der Waals surface area contributed by atoms with Gasteiger partial charge in [0, 0.05) is 0 Å². The van der Waals surface area contributed by atoms with Crippen molar-refractivity contribution >= 4 is 11.0 Å². The summed E-state index contributed by atoms with van der Waals surface area (Å²) >= 11 is 0. The van der Waals surface area contributed by atoms with E-state index in [9.17, 15) is 9.90 Å². The Morgan fingerprint density at radius 3 is 2.86 bits per heavy atom. The molecular formula is C10H10N2O2. The van der Waals surface area contributed by atoms with Crippen LogP contribution in [0.15, 0.2) is 35.3 Å². The van der Waals surface area contributed by atoms with Gasteiger partial charge in [-0.1, -0.05) is 12.1 Å². The summed E-state index contributed by atoms with van der Waals surface area (Å²) in [5.41, 5.74) is 1.06. The van der Waals surface area contributed by atoms with Crippen LogP contribution in [0, 0.1) is 0 Å². The zero-order valence-corrected chi connectivity index (χ0v) is 7.71. The Balaban J connectivity index is 2.90. The zero-order valence-electron chi connectivity index (χ0n) is 7.71. The van der Waals surface area contributed by atoms with Crippen LogP contribution in [-0.4, -0.2) is 14.7 Å². The molecule has 4 heteroatoms. The molecule has 1 aromatic carbocycles. The van der Waals surface area contributed by atoms with Crippen LogP contribution in [0.1, 0.15) is 13.2 Å². The van der Waals surface area contributed by atoms with Crippen LogP contribution in [0.3, 0.4) is 0 Å². The molecule has 0 fully saturated rings. The molecule has 1 N–H and O–H groups in total. The normalized spacial score (nSPS) is 13.0. The van der Waals surface area contributed by atoms with Crippen LogP contribution in [0.2, 0.25) is 0 Å². The van der Waals surface area contributed by atoms with Gasteiger partial charge in [0.15, 0.2) is 0 Å². The molecular weight excluding hydrogens is 180 g/mol. The molecule has 1 heterocycles. The maximum absolute atomic E-state index is 11.4. The molecule has 0 saturated heterocycles. The quantitative estimate of drug-likeness (QED) is 0.727. The van der Waals surface area contributed by atoms with Gasteiger partial charge in [0.2, 0.25) is 0 Å². The summed E-state index contributed by atoms with van der Waals surface area (Å²) in [5.74, 6) is 0. The molecule has 1 aromatic heterocycles. The summed E-state index contributed by atoms with van der Waals surface area (Å²) < 4.78 is 1.31. The van der Waals surface area contributed by atoms with Crippen molar-refractivity contribution in [2.24, 2.45) is 0 Å². The molecule has 0 amide bonds. The Hall–Kier alpha value is -1.68. The number of fused-ring (bicyclic) bond motifs is 1. The standard InChI is InChI=1S/C10H10N2O2/c1-7(13)12-9-5-3-2-4-8(9)11-6-10(12)14/h2-7,13H,1H3. The monoisotopic (exact) mass is 190 g/mol. The summed E-state index contributed by atoms with van der Waals surface area (Å²) in [4.78, 5) is 15.4. The molecule has 1 atom stereocenters. The lowest BCUT2D eigenvalue weighted by atomic mass is 10.3. The van der Waals surface area contributed by atoms with E-state index in [4.69, 9.17) is 0 Å². The number of rotatable bonds is 1. The van der Waals surface area contributed by atoms with Gasteiger partial charge in [-0.3, -0.25) is 9.36 Å². The summed E-state index contributed by atoms with van der Waals surface area (Å²) in [6.45, 7) is 1.55. The SMILES string of the molecule is CC(O)n1c(=O)cnc2ccccc21. The number of aliphatic hydroxyl groups excluding tert-OH is 1. The lowest BCUT2D eigenvalue weighted by Crippen LogP contribution is -2.23. The summed E-state index contributed by atoms with van der Waals surface area (Å²) in [6, 6.07) is 7.21. The molecule has 2 rings (SSSR count). The maximum Gasteiger partial charge on any atom is 0.271 e. The fourth-order valence-electron chi connectivity index (χ4n) is 1.47. The van der Waals surface area contributed by atoms with Crippen molar-refractivity contribution in [3.63, 3.8) is 0 Å². The third-order valence-electron chi connectivity index (χ3n) is 2.07. The predicted octanol–water partition coefficient (Wildman–Crippen LogP) is 0.907.